The zero-order valence-electron chi connectivity index (χ0n) is 14.3. The first kappa shape index (κ1) is 18.9. The summed E-state index contributed by atoms with van der Waals surface area (Å²) < 4.78 is 5.60. The van der Waals surface area contributed by atoms with E-state index in [9.17, 15) is 20.2 Å². The molecule has 0 aliphatic heterocycles. The summed E-state index contributed by atoms with van der Waals surface area (Å²) in [5.74, 6) is -0.00462. The van der Waals surface area contributed by atoms with Crippen molar-refractivity contribution in [3.05, 3.63) is 87.1 Å². The number of nitro groups is 1. The predicted molar refractivity (Wildman–Crippen MR) is 104 cm³/mol. The van der Waals surface area contributed by atoms with Crippen LogP contribution in [0.1, 0.15) is 5.76 Å². The van der Waals surface area contributed by atoms with E-state index in [-0.39, 0.29) is 17.0 Å². The van der Waals surface area contributed by atoms with E-state index in [0.29, 0.717) is 22.0 Å². The fourth-order valence-corrected chi connectivity index (χ4v) is 2.58. The van der Waals surface area contributed by atoms with Gasteiger partial charge < -0.3 is 9.73 Å². The maximum Gasteiger partial charge on any atom is 0.270 e. The third-order valence-electron chi connectivity index (χ3n) is 3.74. The first-order chi connectivity index (χ1) is 13.5. The molecule has 8 heteroatoms. The predicted octanol–water partition coefficient (Wildman–Crippen LogP) is 5.05. The fourth-order valence-electron chi connectivity index (χ4n) is 2.40. The number of carbonyl (C=O) groups is 1. The number of para-hydroxylation sites is 1. The molecule has 0 fully saturated rings. The summed E-state index contributed by atoms with van der Waals surface area (Å²) in [6.07, 6.45) is 1.28. The molecule has 0 atom stereocenters. The number of benzene rings is 2. The second kappa shape index (κ2) is 8.20. The van der Waals surface area contributed by atoms with Crippen LogP contribution in [0.3, 0.4) is 0 Å². The molecule has 0 spiro atoms. The van der Waals surface area contributed by atoms with Crippen LogP contribution < -0.4 is 5.32 Å². The van der Waals surface area contributed by atoms with Crippen molar-refractivity contribution in [2.24, 2.45) is 0 Å². The minimum atomic E-state index is -0.635. The number of amides is 1. The largest absolute Gasteiger partial charge is 0.457 e. The summed E-state index contributed by atoms with van der Waals surface area (Å²) in [7, 11) is 0. The van der Waals surface area contributed by atoms with Gasteiger partial charge in [0.05, 0.1) is 15.6 Å². The highest BCUT2D eigenvalue weighted by molar-refractivity contribution is 6.34. The van der Waals surface area contributed by atoms with Gasteiger partial charge in [0.15, 0.2) is 0 Å². The van der Waals surface area contributed by atoms with E-state index in [1.807, 2.05) is 6.07 Å². The third-order valence-corrected chi connectivity index (χ3v) is 4.07. The van der Waals surface area contributed by atoms with Gasteiger partial charge in [-0.2, -0.15) is 5.26 Å². The van der Waals surface area contributed by atoms with E-state index < -0.39 is 10.8 Å². The average Bonchev–Trinajstić information content (AvgIpc) is 3.16. The third kappa shape index (κ3) is 4.26. The quantitative estimate of drug-likeness (QED) is 0.282. The molecule has 1 N–H and O–H groups in total. The van der Waals surface area contributed by atoms with Gasteiger partial charge in [0.1, 0.15) is 23.2 Å². The molecule has 0 unspecified atom stereocenters. The lowest BCUT2D eigenvalue weighted by molar-refractivity contribution is -0.384. The zero-order chi connectivity index (χ0) is 20.1. The van der Waals surface area contributed by atoms with E-state index in [2.05, 4.69) is 5.32 Å². The molecule has 0 aliphatic rings. The molecule has 138 valence electrons. The van der Waals surface area contributed by atoms with Gasteiger partial charge in [-0.3, -0.25) is 14.9 Å². The highest BCUT2D eigenvalue weighted by Crippen LogP contribution is 2.27. The van der Waals surface area contributed by atoms with Crippen LogP contribution in [-0.4, -0.2) is 10.8 Å². The molecule has 3 rings (SSSR count). The maximum atomic E-state index is 12.3. The number of nitriles is 1. The van der Waals surface area contributed by atoms with E-state index in [0.717, 1.165) is 0 Å². The first-order valence-electron chi connectivity index (χ1n) is 8.00. The van der Waals surface area contributed by atoms with Gasteiger partial charge in [-0.25, -0.2) is 0 Å². The highest BCUT2D eigenvalue weighted by Gasteiger charge is 2.14. The second-order valence-electron chi connectivity index (χ2n) is 5.61. The van der Waals surface area contributed by atoms with Crippen LogP contribution in [0.25, 0.3) is 17.4 Å². The van der Waals surface area contributed by atoms with Crippen LogP contribution >= 0.6 is 11.6 Å². The van der Waals surface area contributed by atoms with Crippen molar-refractivity contribution >= 4 is 35.0 Å². The van der Waals surface area contributed by atoms with Crippen LogP contribution in [0.5, 0.6) is 0 Å². The summed E-state index contributed by atoms with van der Waals surface area (Å²) in [4.78, 5) is 22.7. The Kier molecular flexibility index (Phi) is 5.53. The lowest BCUT2D eigenvalue weighted by Gasteiger charge is -2.05. The van der Waals surface area contributed by atoms with Gasteiger partial charge in [-0.1, -0.05) is 35.9 Å². The number of halogens is 1. The number of nitrogens with one attached hydrogen (secondary N) is 1. The van der Waals surface area contributed by atoms with Crippen LogP contribution in [0, 0.1) is 21.4 Å². The Labute approximate surface area is 164 Å². The standard InChI is InChI=1S/C20H12ClN3O4/c21-17-6-1-2-7-18(17)23-20(25)14(12-22)11-16-8-9-19(28-16)13-4-3-5-15(10-13)24(26)27/h1-11H,(H,23,25)/b14-11+. The Morgan fingerprint density at radius 2 is 1.96 bits per heavy atom. The Morgan fingerprint density at radius 1 is 1.18 bits per heavy atom. The second-order valence-corrected chi connectivity index (χ2v) is 6.02. The van der Waals surface area contributed by atoms with Crippen molar-refractivity contribution in [3.8, 4) is 17.4 Å². The maximum absolute atomic E-state index is 12.3. The zero-order valence-corrected chi connectivity index (χ0v) is 15.0. The van der Waals surface area contributed by atoms with Crippen LogP contribution in [0.15, 0.2) is 70.7 Å². The van der Waals surface area contributed by atoms with E-state index >= 15 is 0 Å². The summed E-state index contributed by atoms with van der Waals surface area (Å²) in [5, 5.41) is 23.1. The number of non-ortho nitro benzene ring substituents is 1. The molecular weight excluding hydrogens is 382 g/mol. The molecule has 28 heavy (non-hydrogen) atoms. The summed E-state index contributed by atoms with van der Waals surface area (Å²) >= 11 is 6.00. The van der Waals surface area contributed by atoms with Crippen molar-refractivity contribution in [1.29, 1.82) is 5.26 Å². The first-order valence-corrected chi connectivity index (χ1v) is 8.38. The van der Waals surface area contributed by atoms with Gasteiger partial charge in [0.25, 0.3) is 11.6 Å². The lowest BCUT2D eigenvalue weighted by atomic mass is 10.1. The molecule has 1 heterocycles. The average molecular weight is 394 g/mol. The van der Waals surface area contributed by atoms with E-state index in [1.54, 1.807) is 48.5 Å². The van der Waals surface area contributed by atoms with Crippen LogP contribution in [-0.2, 0) is 4.79 Å². The number of rotatable bonds is 5. The minimum Gasteiger partial charge on any atom is -0.457 e. The SMILES string of the molecule is N#C/C(=C\c1ccc(-c2cccc([N+](=O)[O-])c2)o1)C(=O)Nc1ccccc1Cl. The molecule has 0 radical (unpaired) electrons. The van der Waals surface area contributed by atoms with E-state index in [4.69, 9.17) is 16.0 Å². The monoisotopic (exact) mass is 393 g/mol. The number of furan rings is 1. The van der Waals surface area contributed by atoms with Crippen molar-refractivity contribution in [2.75, 3.05) is 5.32 Å². The number of anilines is 1. The molecule has 2 aromatic carbocycles. The van der Waals surface area contributed by atoms with Crippen molar-refractivity contribution < 1.29 is 14.1 Å². The highest BCUT2D eigenvalue weighted by atomic mass is 35.5. The van der Waals surface area contributed by atoms with Crippen LogP contribution in [0.4, 0.5) is 11.4 Å². The number of hydrogen-bond acceptors (Lipinski definition) is 5. The molecule has 7 nitrogen and oxygen atoms in total. The van der Waals surface area contributed by atoms with Gasteiger partial charge >= 0.3 is 0 Å². The van der Waals surface area contributed by atoms with Gasteiger partial charge in [0.2, 0.25) is 0 Å². The number of hydrogen-bond donors (Lipinski definition) is 1. The number of nitrogens with zero attached hydrogens (tertiary/aromatic N) is 2. The topological polar surface area (TPSA) is 109 Å². The Hall–Kier alpha value is -3.89. The normalized spacial score (nSPS) is 10.9. The number of carbonyl (C=O) groups excluding carboxylic acids is 1. The van der Waals surface area contributed by atoms with E-state index in [1.165, 1.54) is 18.2 Å². The fraction of sp³-hybridized carbons (Fsp3) is 0. The molecule has 1 aromatic heterocycles. The number of nitro benzene ring substituents is 1. The van der Waals surface area contributed by atoms with Crippen molar-refractivity contribution in [3.63, 3.8) is 0 Å². The van der Waals surface area contributed by atoms with Crippen molar-refractivity contribution in [1.82, 2.24) is 0 Å². The Bertz CT molecular complexity index is 1130. The smallest absolute Gasteiger partial charge is 0.270 e. The van der Waals surface area contributed by atoms with Crippen LogP contribution in [0.2, 0.25) is 5.02 Å². The summed E-state index contributed by atoms with van der Waals surface area (Å²) in [5.41, 5.74) is 0.641. The molecular formula is C20H12ClN3O4. The molecule has 0 saturated heterocycles. The van der Waals surface area contributed by atoms with Crippen molar-refractivity contribution in [2.45, 2.75) is 0 Å². The molecule has 3 aromatic rings. The lowest BCUT2D eigenvalue weighted by Crippen LogP contribution is -2.13. The molecule has 1 amide bonds. The van der Waals surface area contributed by atoms with Gasteiger partial charge in [-0.15, -0.1) is 0 Å². The van der Waals surface area contributed by atoms with Gasteiger partial charge in [0, 0.05) is 23.8 Å². The summed E-state index contributed by atoms with van der Waals surface area (Å²) in [6, 6.07) is 17.6. The minimum absolute atomic E-state index is 0.0668. The molecule has 0 saturated carbocycles. The molecule has 0 aliphatic carbocycles. The Balaban J connectivity index is 1.83. The molecule has 0 bridgehead atoms. The Morgan fingerprint density at radius 3 is 2.68 bits per heavy atom. The summed E-state index contributed by atoms with van der Waals surface area (Å²) in [6.45, 7) is 0. The van der Waals surface area contributed by atoms with Gasteiger partial charge in [-0.05, 0) is 24.3 Å².